The number of nitrogens with one attached hydrogen (secondary N) is 2. The van der Waals surface area contributed by atoms with Crippen molar-refractivity contribution in [3.8, 4) is 0 Å². The average Bonchev–Trinajstić information content (AvgIpc) is 3.00. The number of rotatable bonds is 6. The fourth-order valence-corrected chi connectivity index (χ4v) is 3.74. The highest BCUT2D eigenvalue weighted by molar-refractivity contribution is 5.81. The Kier molecular flexibility index (Phi) is 6.06. The van der Waals surface area contributed by atoms with Gasteiger partial charge in [0.2, 0.25) is 5.91 Å². The minimum absolute atomic E-state index is 0.0115. The molecule has 2 N–H and O–H groups in total. The molecule has 0 spiro atoms. The number of carbonyl (C=O) groups excluding carboxylic acids is 1. The third-order valence-corrected chi connectivity index (χ3v) is 5.36. The average molecular weight is 296 g/mol. The van der Waals surface area contributed by atoms with E-state index in [1.807, 2.05) is 6.92 Å². The van der Waals surface area contributed by atoms with Crippen molar-refractivity contribution in [3.63, 3.8) is 0 Å². The molecule has 1 saturated heterocycles. The number of amides is 1. The van der Waals surface area contributed by atoms with E-state index in [0.29, 0.717) is 12.1 Å². The third kappa shape index (κ3) is 4.43. The summed E-state index contributed by atoms with van der Waals surface area (Å²) in [5.41, 5.74) is 0.0115. The van der Waals surface area contributed by atoms with E-state index in [-0.39, 0.29) is 17.6 Å². The van der Waals surface area contributed by atoms with Crippen LogP contribution < -0.4 is 10.6 Å². The van der Waals surface area contributed by atoms with Crippen LogP contribution in [0.25, 0.3) is 0 Å². The second-order valence-electron chi connectivity index (χ2n) is 6.81. The monoisotopic (exact) mass is 296 g/mol. The van der Waals surface area contributed by atoms with E-state index in [1.165, 1.54) is 12.8 Å². The number of carbonyl (C=O) groups is 1. The summed E-state index contributed by atoms with van der Waals surface area (Å²) in [5, 5.41) is 6.71. The number of hydrogen-bond donors (Lipinski definition) is 2. The molecule has 2 atom stereocenters. The second-order valence-corrected chi connectivity index (χ2v) is 6.81. The Balaban J connectivity index is 1.80. The third-order valence-electron chi connectivity index (χ3n) is 5.36. The largest absolute Gasteiger partial charge is 0.375 e. The molecule has 21 heavy (non-hydrogen) atoms. The Morgan fingerprint density at radius 3 is 2.48 bits per heavy atom. The summed E-state index contributed by atoms with van der Waals surface area (Å²) in [6.07, 6.45) is 8.90. The summed E-state index contributed by atoms with van der Waals surface area (Å²) in [5.74, 6) is 0.159. The Morgan fingerprint density at radius 1 is 1.19 bits per heavy atom. The molecule has 2 unspecified atom stereocenters. The van der Waals surface area contributed by atoms with Crippen LogP contribution in [0.1, 0.15) is 72.1 Å². The summed E-state index contributed by atoms with van der Waals surface area (Å²) in [6, 6.07) is 0.685. The molecule has 0 aromatic heterocycles. The summed E-state index contributed by atoms with van der Waals surface area (Å²) < 4.78 is 6.00. The van der Waals surface area contributed by atoms with Crippen molar-refractivity contribution >= 4 is 5.91 Å². The first-order valence-corrected chi connectivity index (χ1v) is 8.79. The molecule has 4 heteroatoms. The van der Waals surface area contributed by atoms with Crippen molar-refractivity contribution in [2.45, 2.75) is 95.9 Å². The first-order valence-electron chi connectivity index (χ1n) is 8.79. The van der Waals surface area contributed by atoms with Crippen molar-refractivity contribution in [2.24, 2.45) is 0 Å². The molecule has 2 fully saturated rings. The van der Waals surface area contributed by atoms with Crippen LogP contribution in [0.2, 0.25) is 0 Å². The molecule has 0 radical (unpaired) electrons. The maximum atomic E-state index is 12.3. The van der Waals surface area contributed by atoms with Gasteiger partial charge >= 0.3 is 0 Å². The lowest BCUT2D eigenvalue weighted by atomic mass is 9.85. The lowest BCUT2D eigenvalue weighted by molar-refractivity contribution is -0.125. The fourth-order valence-electron chi connectivity index (χ4n) is 3.74. The van der Waals surface area contributed by atoms with Gasteiger partial charge < -0.3 is 15.4 Å². The van der Waals surface area contributed by atoms with Crippen molar-refractivity contribution in [1.82, 2.24) is 10.6 Å². The zero-order valence-corrected chi connectivity index (χ0v) is 13.9. The molecule has 1 aliphatic heterocycles. The molecule has 0 aromatic carbocycles. The second kappa shape index (κ2) is 7.59. The van der Waals surface area contributed by atoms with Crippen molar-refractivity contribution in [2.75, 3.05) is 6.61 Å². The molecule has 1 heterocycles. The van der Waals surface area contributed by atoms with E-state index < -0.39 is 0 Å². The normalized spacial score (nSPS) is 27.5. The molecule has 0 aromatic rings. The van der Waals surface area contributed by atoms with Crippen molar-refractivity contribution in [3.05, 3.63) is 0 Å². The van der Waals surface area contributed by atoms with E-state index in [9.17, 15) is 4.79 Å². The van der Waals surface area contributed by atoms with Crippen LogP contribution in [0.15, 0.2) is 0 Å². The van der Waals surface area contributed by atoms with Gasteiger partial charge in [-0.15, -0.1) is 0 Å². The Bertz CT molecular complexity index is 336. The molecule has 4 nitrogen and oxygen atoms in total. The molecule has 2 aliphatic rings. The highest BCUT2D eigenvalue weighted by Crippen LogP contribution is 2.31. The predicted molar refractivity (Wildman–Crippen MR) is 85.3 cm³/mol. The van der Waals surface area contributed by atoms with Gasteiger partial charge in [0, 0.05) is 18.7 Å². The quantitative estimate of drug-likeness (QED) is 0.792. The smallest absolute Gasteiger partial charge is 0.237 e. The van der Waals surface area contributed by atoms with Crippen molar-refractivity contribution < 1.29 is 9.53 Å². The lowest BCUT2D eigenvalue weighted by Gasteiger charge is -2.41. The van der Waals surface area contributed by atoms with Gasteiger partial charge in [-0.05, 0) is 45.4 Å². The van der Waals surface area contributed by atoms with Crippen molar-refractivity contribution in [1.29, 1.82) is 0 Å². The fraction of sp³-hybridized carbons (Fsp3) is 0.941. The lowest BCUT2D eigenvalue weighted by Crippen LogP contribution is -2.53. The molecule has 1 amide bonds. The molecule has 1 saturated carbocycles. The van der Waals surface area contributed by atoms with E-state index in [4.69, 9.17) is 4.74 Å². The van der Waals surface area contributed by atoms with Crippen LogP contribution in [0.5, 0.6) is 0 Å². The van der Waals surface area contributed by atoms with E-state index in [0.717, 1.165) is 45.1 Å². The summed E-state index contributed by atoms with van der Waals surface area (Å²) >= 11 is 0. The number of hydrogen-bond acceptors (Lipinski definition) is 3. The summed E-state index contributed by atoms with van der Waals surface area (Å²) in [4.78, 5) is 12.3. The topological polar surface area (TPSA) is 50.4 Å². The van der Waals surface area contributed by atoms with Gasteiger partial charge in [-0.2, -0.15) is 0 Å². The maximum absolute atomic E-state index is 12.3. The minimum Gasteiger partial charge on any atom is -0.375 e. The van der Waals surface area contributed by atoms with Gasteiger partial charge in [-0.25, -0.2) is 0 Å². The highest BCUT2D eigenvalue weighted by Gasteiger charge is 2.35. The van der Waals surface area contributed by atoms with Crippen LogP contribution in [0.3, 0.4) is 0 Å². The van der Waals surface area contributed by atoms with Gasteiger partial charge in [-0.1, -0.05) is 26.7 Å². The first-order chi connectivity index (χ1) is 10.1. The Morgan fingerprint density at radius 2 is 1.86 bits per heavy atom. The van der Waals surface area contributed by atoms with Crippen LogP contribution in [-0.4, -0.2) is 36.2 Å². The van der Waals surface area contributed by atoms with Gasteiger partial charge in [0.25, 0.3) is 0 Å². The molecule has 2 rings (SSSR count). The predicted octanol–water partition coefficient (Wildman–Crippen LogP) is 2.76. The molecule has 1 aliphatic carbocycles. The Labute approximate surface area is 129 Å². The van der Waals surface area contributed by atoms with Crippen LogP contribution >= 0.6 is 0 Å². The summed E-state index contributed by atoms with van der Waals surface area (Å²) in [6.45, 7) is 7.18. The number of ether oxygens (including phenoxy) is 1. The zero-order chi connectivity index (χ0) is 15.3. The molecule has 0 bridgehead atoms. The van der Waals surface area contributed by atoms with Gasteiger partial charge in [0.1, 0.15) is 0 Å². The van der Waals surface area contributed by atoms with Gasteiger partial charge in [0.15, 0.2) is 0 Å². The minimum atomic E-state index is -0.111. The first kappa shape index (κ1) is 16.8. The maximum Gasteiger partial charge on any atom is 0.237 e. The Hall–Kier alpha value is -0.610. The summed E-state index contributed by atoms with van der Waals surface area (Å²) in [7, 11) is 0. The van der Waals surface area contributed by atoms with Crippen LogP contribution in [-0.2, 0) is 9.53 Å². The van der Waals surface area contributed by atoms with Crippen LogP contribution in [0, 0.1) is 0 Å². The molecular formula is C17H32N2O2. The van der Waals surface area contributed by atoms with E-state index >= 15 is 0 Å². The van der Waals surface area contributed by atoms with Crippen LogP contribution in [0.4, 0.5) is 0 Å². The zero-order valence-electron chi connectivity index (χ0n) is 13.9. The van der Waals surface area contributed by atoms with E-state index in [1.54, 1.807) is 0 Å². The SMILES string of the molecule is CCC1(CC)CC(NC(C)C(=O)NC2CCCC2)CCO1. The molecule has 122 valence electrons. The van der Waals surface area contributed by atoms with E-state index in [2.05, 4.69) is 24.5 Å². The highest BCUT2D eigenvalue weighted by atomic mass is 16.5. The van der Waals surface area contributed by atoms with Gasteiger partial charge in [-0.3, -0.25) is 4.79 Å². The standard InChI is InChI=1S/C17H32N2O2/c1-4-17(5-2)12-15(10-11-21-17)18-13(3)16(20)19-14-8-6-7-9-14/h13-15,18H,4-12H2,1-3H3,(H,19,20). The van der Waals surface area contributed by atoms with Gasteiger partial charge in [0.05, 0.1) is 11.6 Å². The molecular weight excluding hydrogens is 264 g/mol.